The molecule has 0 radical (unpaired) electrons. The minimum atomic E-state index is -3.47. The monoisotopic (exact) mass is 409 g/mol. The first-order chi connectivity index (χ1) is 13.5. The molecule has 0 aliphatic carbocycles. The third-order valence-corrected chi connectivity index (χ3v) is 6.96. The number of nitrogens with one attached hydrogen (secondary N) is 2. The lowest BCUT2D eigenvalue weighted by atomic mass is 10.2. The standard InChI is InChI=1S/C19H27N3O5S/c23-18(19(24)21-14-16-5-4-12-27-16)20-13-15-6-8-17(9-7-15)28(25,26)22-10-2-1-3-11-22/h6-9,16H,1-5,10-14H2,(H,20,23)(H,21,24)/t16-/m0/s1. The highest BCUT2D eigenvalue weighted by molar-refractivity contribution is 7.89. The van der Waals surface area contributed by atoms with Crippen molar-refractivity contribution in [3.8, 4) is 0 Å². The Morgan fingerprint density at radius 1 is 1.00 bits per heavy atom. The van der Waals surface area contributed by atoms with E-state index in [9.17, 15) is 18.0 Å². The van der Waals surface area contributed by atoms with Crippen LogP contribution in [0.15, 0.2) is 29.2 Å². The van der Waals surface area contributed by atoms with Crippen LogP contribution in [-0.2, 0) is 30.9 Å². The highest BCUT2D eigenvalue weighted by atomic mass is 32.2. The van der Waals surface area contributed by atoms with E-state index in [1.54, 1.807) is 24.3 Å². The maximum absolute atomic E-state index is 12.6. The number of hydrogen-bond acceptors (Lipinski definition) is 5. The van der Waals surface area contributed by atoms with Gasteiger partial charge in [0.15, 0.2) is 0 Å². The predicted molar refractivity (Wildman–Crippen MR) is 103 cm³/mol. The van der Waals surface area contributed by atoms with Crippen LogP contribution in [0.25, 0.3) is 0 Å². The van der Waals surface area contributed by atoms with Crippen molar-refractivity contribution in [2.75, 3.05) is 26.2 Å². The van der Waals surface area contributed by atoms with Gasteiger partial charge in [0.2, 0.25) is 10.0 Å². The number of ether oxygens (including phenoxy) is 1. The van der Waals surface area contributed by atoms with Gasteiger partial charge in [-0.25, -0.2) is 8.42 Å². The Bertz CT molecular complexity index is 782. The average Bonchev–Trinajstić information content (AvgIpc) is 3.25. The molecule has 0 spiro atoms. The zero-order valence-corrected chi connectivity index (χ0v) is 16.7. The van der Waals surface area contributed by atoms with Gasteiger partial charge in [0.1, 0.15) is 0 Å². The van der Waals surface area contributed by atoms with Crippen molar-refractivity contribution in [3.63, 3.8) is 0 Å². The fraction of sp³-hybridized carbons (Fsp3) is 0.579. The van der Waals surface area contributed by atoms with Crippen LogP contribution in [0.3, 0.4) is 0 Å². The molecule has 1 aromatic rings. The summed E-state index contributed by atoms with van der Waals surface area (Å²) < 4.78 is 32.2. The molecule has 2 aliphatic heterocycles. The Labute approximate surface area is 165 Å². The molecule has 9 heteroatoms. The zero-order valence-electron chi connectivity index (χ0n) is 15.9. The molecular weight excluding hydrogens is 382 g/mol. The molecule has 154 valence electrons. The minimum Gasteiger partial charge on any atom is -0.376 e. The molecular formula is C19H27N3O5S. The van der Waals surface area contributed by atoms with Crippen molar-refractivity contribution < 1.29 is 22.7 Å². The second kappa shape index (κ2) is 9.49. The van der Waals surface area contributed by atoms with Gasteiger partial charge in [-0.1, -0.05) is 18.6 Å². The van der Waals surface area contributed by atoms with Gasteiger partial charge >= 0.3 is 11.8 Å². The number of sulfonamides is 1. The number of rotatable bonds is 6. The highest BCUT2D eigenvalue weighted by Crippen LogP contribution is 2.20. The average molecular weight is 410 g/mol. The Balaban J connectivity index is 1.48. The Morgan fingerprint density at radius 3 is 2.32 bits per heavy atom. The summed E-state index contributed by atoms with van der Waals surface area (Å²) in [6.45, 7) is 2.28. The largest absolute Gasteiger partial charge is 0.376 e. The first kappa shape index (κ1) is 20.8. The topological polar surface area (TPSA) is 105 Å². The minimum absolute atomic E-state index is 0.0221. The Hall–Kier alpha value is -1.97. The first-order valence-corrected chi connectivity index (χ1v) is 11.2. The molecule has 0 unspecified atom stereocenters. The molecule has 2 N–H and O–H groups in total. The second-order valence-corrected chi connectivity index (χ2v) is 9.07. The summed E-state index contributed by atoms with van der Waals surface area (Å²) in [4.78, 5) is 24.0. The van der Waals surface area contributed by atoms with Gasteiger partial charge in [0.25, 0.3) is 0 Å². The fourth-order valence-electron chi connectivity index (χ4n) is 3.39. The lowest BCUT2D eigenvalue weighted by Crippen LogP contribution is -2.42. The van der Waals surface area contributed by atoms with Crippen LogP contribution in [0.5, 0.6) is 0 Å². The number of nitrogens with zero attached hydrogens (tertiary/aromatic N) is 1. The molecule has 0 aromatic heterocycles. The van der Waals surface area contributed by atoms with Crippen LogP contribution in [0, 0.1) is 0 Å². The quantitative estimate of drug-likeness (QED) is 0.676. The number of hydrogen-bond donors (Lipinski definition) is 2. The van der Waals surface area contributed by atoms with Crippen molar-refractivity contribution in [1.29, 1.82) is 0 Å². The van der Waals surface area contributed by atoms with Crippen LogP contribution in [-0.4, -0.2) is 56.9 Å². The molecule has 1 aromatic carbocycles. The molecule has 0 bridgehead atoms. The summed E-state index contributed by atoms with van der Waals surface area (Å²) in [5.41, 5.74) is 0.720. The normalized spacial score (nSPS) is 20.6. The molecule has 2 amide bonds. The van der Waals surface area contributed by atoms with Gasteiger partial charge in [-0.05, 0) is 43.4 Å². The van der Waals surface area contributed by atoms with Crippen LogP contribution in [0.1, 0.15) is 37.7 Å². The summed E-state index contributed by atoms with van der Waals surface area (Å²) in [6.07, 6.45) is 4.67. The van der Waals surface area contributed by atoms with E-state index in [0.717, 1.165) is 37.7 Å². The number of carbonyl (C=O) groups is 2. The van der Waals surface area contributed by atoms with Crippen molar-refractivity contribution in [3.05, 3.63) is 29.8 Å². The second-order valence-electron chi connectivity index (χ2n) is 7.14. The molecule has 0 saturated carbocycles. The van der Waals surface area contributed by atoms with Crippen molar-refractivity contribution in [2.24, 2.45) is 0 Å². The van der Waals surface area contributed by atoms with Gasteiger partial charge < -0.3 is 15.4 Å². The fourth-order valence-corrected chi connectivity index (χ4v) is 4.91. The highest BCUT2D eigenvalue weighted by Gasteiger charge is 2.25. The lowest BCUT2D eigenvalue weighted by molar-refractivity contribution is -0.139. The van der Waals surface area contributed by atoms with Crippen molar-refractivity contribution in [1.82, 2.24) is 14.9 Å². The molecule has 8 nitrogen and oxygen atoms in total. The summed E-state index contributed by atoms with van der Waals surface area (Å²) in [6, 6.07) is 6.40. The molecule has 28 heavy (non-hydrogen) atoms. The van der Waals surface area contributed by atoms with E-state index in [0.29, 0.717) is 26.2 Å². The van der Waals surface area contributed by atoms with Gasteiger partial charge in [-0.2, -0.15) is 4.31 Å². The Kier molecular flexibility index (Phi) is 7.03. The van der Waals surface area contributed by atoms with Gasteiger partial charge in [0.05, 0.1) is 11.0 Å². The van der Waals surface area contributed by atoms with E-state index in [4.69, 9.17) is 4.74 Å². The maximum atomic E-state index is 12.6. The molecule has 2 fully saturated rings. The lowest BCUT2D eigenvalue weighted by Gasteiger charge is -2.25. The number of amides is 2. The van der Waals surface area contributed by atoms with E-state index in [2.05, 4.69) is 10.6 Å². The van der Waals surface area contributed by atoms with Crippen LogP contribution >= 0.6 is 0 Å². The molecule has 3 rings (SSSR count). The van der Waals surface area contributed by atoms with E-state index in [1.165, 1.54) is 4.31 Å². The zero-order chi connectivity index (χ0) is 20.0. The van der Waals surface area contributed by atoms with E-state index < -0.39 is 21.8 Å². The van der Waals surface area contributed by atoms with Crippen LogP contribution in [0.4, 0.5) is 0 Å². The molecule has 2 heterocycles. The summed E-state index contributed by atoms with van der Waals surface area (Å²) in [7, 11) is -3.47. The molecule has 1 atom stereocenters. The third-order valence-electron chi connectivity index (χ3n) is 5.05. The summed E-state index contributed by atoms with van der Waals surface area (Å²) in [5, 5.41) is 5.11. The summed E-state index contributed by atoms with van der Waals surface area (Å²) in [5.74, 6) is -1.41. The smallest absolute Gasteiger partial charge is 0.309 e. The van der Waals surface area contributed by atoms with Crippen molar-refractivity contribution in [2.45, 2.75) is 49.6 Å². The number of carbonyl (C=O) groups excluding carboxylic acids is 2. The van der Waals surface area contributed by atoms with Gasteiger partial charge in [0, 0.05) is 32.8 Å². The first-order valence-electron chi connectivity index (χ1n) is 9.73. The molecule has 2 aliphatic rings. The Morgan fingerprint density at radius 2 is 1.68 bits per heavy atom. The van der Waals surface area contributed by atoms with Gasteiger partial charge in [-0.3, -0.25) is 9.59 Å². The van der Waals surface area contributed by atoms with Crippen molar-refractivity contribution >= 4 is 21.8 Å². The summed E-state index contributed by atoms with van der Waals surface area (Å²) >= 11 is 0. The van der Waals surface area contributed by atoms with Gasteiger partial charge in [-0.15, -0.1) is 0 Å². The maximum Gasteiger partial charge on any atom is 0.309 e. The van der Waals surface area contributed by atoms with E-state index >= 15 is 0 Å². The SMILES string of the molecule is O=C(NCc1ccc(S(=O)(=O)N2CCCCC2)cc1)C(=O)NC[C@@H]1CCCO1. The van der Waals surface area contributed by atoms with Crippen LogP contribution < -0.4 is 10.6 Å². The molecule has 2 saturated heterocycles. The van der Waals surface area contributed by atoms with Crippen LogP contribution in [0.2, 0.25) is 0 Å². The number of benzene rings is 1. The predicted octanol–water partition coefficient (Wildman–Crippen LogP) is 0.773. The third kappa shape index (κ3) is 5.30. The number of piperidine rings is 1. The van der Waals surface area contributed by atoms with E-state index in [-0.39, 0.29) is 17.5 Å². The van der Waals surface area contributed by atoms with E-state index in [1.807, 2.05) is 0 Å².